The molecule has 0 atom stereocenters. The minimum absolute atomic E-state index is 0.00713. The number of rotatable bonds is 10. The van der Waals surface area contributed by atoms with Gasteiger partial charge in [0.05, 0.1) is 6.61 Å². The molecule has 156 valence electrons. The van der Waals surface area contributed by atoms with Crippen LogP contribution in [0.15, 0.2) is 53.5 Å². The molecule has 0 fully saturated rings. The molecule has 0 aliphatic heterocycles. The highest BCUT2D eigenvalue weighted by atomic mass is 16.5. The van der Waals surface area contributed by atoms with E-state index in [0.29, 0.717) is 38.0 Å². The molecule has 2 aromatic rings. The van der Waals surface area contributed by atoms with E-state index in [4.69, 9.17) is 9.47 Å². The van der Waals surface area contributed by atoms with E-state index in [1.54, 1.807) is 7.05 Å². The van der Waals surface area contributed by atoms with Crippen molar-refractivity contribution in [1.29, 1.82) is 0 Å². The van der Waals surface area contributed by atoms with Crippen molar-refractivity contribution in [2.75, 3.05) is 26.8 Å². The monoisotopic (exact) mass is 398 g/mol. The average molecular weight is 399 g/mol. The van der Waals surface area contributed by atoms with Crippen molar-refractivity contribution < 1.29 is 14.3 Å². The van der Waals surface area contributed by atoms with E-state index in [2.05, 4.69) is 20.9 Å². The molecule has 0 saturated carbocycles. The molecular weight excluding hydrogens is 368 g/mol. The number of benzene rings is 2. The fourth-order valence-electron chi connectivity index (χ4n) is 2.67. The second kappa shape index (κ2) is 12.3. The molecule has 0 bridgehead atoms. The maximum Gasteiger partial charge on any atom is 0.257 e. The Labute approximate surface area is 172 Å². The van der Waals surface area contributed by atoms with E-state index in [0.717, 1.165) is 16.9 Å². The smallest absolute Gasteiger partial charge is 0.257 e. The van der Waals surface area contributed by atoms with Gasteiger partial charge in [-0.3, -0.25) is 9.79 Å². The number of para-hydroxylation sites is 1. The lowest BCUT2D eigenvalue weighted by Crippen LogP contribution is -2.36. The molecule has 2 aromatic carbocycles. The lowest BCUT2D eigenvalue weighted by Gasteiger charge is -2.15. The largest absolute Gasteiger partial charge is 0.494 e. The van der Waals surface area contributed by atoms with E-state index in [1.165, 1.54) is 0 Å². The minimum atomic E-state index is -0.132. The van der Waals surface area contributed by atoms with Crippen molar-refractivity contribution >= 4 is 11.9 Å². The second-order valence-electron chi connectivity index (χ2n) is 6.21. The zero-order valence-electron chi connectivity index (χ0n) is 17.3. The van der Waals surface area contributed by atoms with Crippen molar-refractivity contribution in [2.24, 2.45) is 4.99 Å². The van der Waals surface area contributed by atoms with Crippen molar-refractivity contribution in [2.45, 2.75) is 26.9 Å². The summed E-state index contributed by atoms with van der Waals surface area (Å²) in [6, 6.07) is 15.6. The predicted octanol–water partition coefficient (Wildman–Crippen LogP) is 2.47. The number of carbonyl (C=O) groups is 1. The summed E-state index contributed by atoms with van der Waals surface area (Å²) < 4.78 is 11.2. The van der Waals surface area contributed by atoms with Crippen molar-refractivity contribution in [1.82, 2.24) is 16.0 Å². The lowest BCUT2D eigenvalue weighted by molar-refractivity contribution is -0.122. The predicted molar refractivity (Wildman–Crippen MR) is 115 cm³/mol. The number of carbonyl (C=O) groups excluding carboxylic acids is 1. The molecule has 2 rings (SSSR count). The van der Waals surface area contributed by atoms with Gasteiger partial charge in [-0.05, 0) is 37.6 Å². The van der Waals surface area contributed by atoms with Gasteiger partial charge in [0.15, 0.2) is 12.6 Å². The fourth-order valence-corrected chi connectivity index (χ4v) is 2.67. The summed E-state index contributed by atoms with van der Waals surface area (Å²) >= 11 is 0. The average Bonchev–Trinajstić information content (AvgIpc) is 2.74. The Balaban J connectivity index is 1.86. The van der Waals surface area contributed by atoms with Gasteiger partial charge in [0.25, 0.3) is 5.91 Å². The van der Waals surface area contributed by atoms with Crippen molar-refractivity contribution in [3.8, 4) is 11.5 Å². The Morgan fingerprint density at radius 1 is 0.966 bits per heavy atom. The molecule has 0 aliphatic rings. The number of nitrogens with one attached hydrogen (secondary N) is 3. The Hall–Kier alpha value is -3.22. The number of guanidine groups is 1. The van der Waals surface area contributed by atoms with Crippen LogP contribution >= 0.6 is 0 Å². The molecule has 0 aromatic heterocycles. The number of amides is 1. The quantitative estimate of drug-likeness (QED) is 0.423. The molecule has 0 aliphatic carbocycles. The van der Waals surface area contributed by atoms with E-state index in [9.17, 15) is 4.79 Å². The Kier molecular flexibility index (Phi) is 9.35. The normalized spacial score (nSPS) is 10.9. The highest BCUT2D eigenvalue weighted by Gasteiger charge is 2.05. The first kappa shape index (κ1) is 22.1. The van der Waals surface area contributed by atoms with Gasteiger partial charge >= 0.3 is 0 Å². The van der Waals surface area contributed by atoms with Crippen LogP contribution in [0, 0.1) is 0 Å². The van der Waals surface area contributed by atoms with Crippen LogP contribution in [0.2, 0.25) is 0 Å². The van der Waals surface area contributed by atoms with E-state index in [1.807, 2.05) is 62.4 Å². The van der Waals surface area contributed by atoms with Crippen LogP contribution in [-0.2, 0) is 17.9 Å². The zero-order valence-corrected chi connectivity index (χ0v) is 17.3. The summed E-state index contributed by atoms with van der Waals surface area (Å²) in [7, 11) is 1.73. The van der Waals surface area contributed by atoms with Gasteiger partial charge in [0.2, 0.25) is 0 Å². The van der Waals surface area contributed by atoms with Gasteiger partial charge in [-0.1, -0.05) is 30.3 Å². The molecule has 7 heteroatoms. The first-order valence-electron chi connectivity index (χ1n) is 9.79. The Bertz CT molecular complexity index is 808. The van der Waals surface area contributed by atoms with E-state index < -0.39 is 0 Å². The van der Waals surface area contributed by atoms with E-state index >= 15 is 0 Å². The first-order chi connectivity index (χ1) is 14.2. The SMILES string of the molecule is CCNC(=O)COc1cccc(CNC(=NC)NCc2ccccc2OCC)c1. The van der Waals surface area contributed by atoms with Crippen LogP contribution in [0.4, 0.5) is 0 Å². The van der Waals surface area contributed by atoms with Gasteiger partial charge in [0, 0.05) is 32.2 Å². The number of hydrogen-bond donors (Lipinski definition) is 3. The number of aliphatic imine (C=N–C) groups is 1. The number of nitrogens with zero attached hydrogens (tertiary/aromatic N) is 1. The fraction of sp³-hybridized carbons (Fsp3) is 0.364. The van der Waals surface area contributed by atoms with Crippen LogP contribution in [-0.4, -0.2) is 38.7 Å². The van der Waals surface area contributed by atoms with Gasteiger partial charge in [0.1, 0.15) is 11.5 Å². The third kappa shape index (κ3) is 7.73. The Morgan fingerprint density at radius 3 is 2.52 bits per heavy atom. The maximum absolute atomic E-state index is 11.5. The molecule has 3 N–H and O–H groups in total. The summed E-state index contributed by atoms with van der Waals surface area (Å²) in [5, 5.41) is 9.29. The summed E-state index contributed by atoms with van der Waals surface area (Å²) in [6.07, 6.45) is 0. The highest BCUT2D eigenvalue weighted by molar-refractivity contribution is 5.79. The van der Waals surface area contributed by atoms with Gasteiger partial charge in [-0.15, -0.1) is 0 Å². The van der Waals surface area contributed by atoms with Gasteiger partial charge < -0.3 is 25.4 Å². The number of ether oxygens (including phenoxy) is 2. The topological polar surface area (TPSA) is 84.0 Å². The molecule has 0 spiro atoms. The van der Waals surface area contributed by atoms with Crippen molar-refractivity contribution in [3.63, 3.8) is 0 Å². The Morgan fingerprint density at radius 2 is 1.76 bits per heavy atom. The minimum Gasteiger partial charge on any atom is -0.494 e. The van der Waals surface area contributed by atoms with Crippen LogP contribution in [0.3, 0.4) is 0 Å². The molecule has 1 amide bonds. The van der Waals surface area contributed by atoms with Crippen molar-refractivity contribution in [3.05, 3.63) is 59.7 Å². The molecular formula is C22H30N4O3. The van der Waals surface area contributed by atoms with Gasteiger partial charge in [-0.2, -0.15) is 0 Å². The maximum atomic E-state index is 11.5. The third-order valence-electron chi connectivity index (χ3n) is 4.04. The molecule has 29 heavy (non-hydrogen) atoms. The summed E-state index contributed by atoms with van der Waals surface area (Å²) in [5.41, 5.74) is 2.09. The van der Waals surface area contributed by atoms with Crippen LogP contribution in [0.25, 0.3) is 0 Å². The van der Waals surface area contributed by atoms with Crippen LogP contribution in [0.1, 0.15) is 25.0 Å². The standard InChI is InChI=1S/C22H30N4O3/c1-4-24-21(27)16-29-19-11-8-9-17(13-19)14-25-22(23-3)26-15-18-10-6-7-12-20(18)28-5-2/h6-13H,4-5,14-16H2,1-3H3,(H,24,27)(H2,23,25,26). The molecule has 0 unspecified atom stereocenters. The first-order valence-corrected chi connectivity index (χ1v) is 9.79. The second-order valence-corrected chi connectivity index (χ2v) is 6.21. The summed E-state index contributed by atoms with van der Waals surface area (Å²) in [5.74, 6) is 2.08. The third-order valence-corrected chi connectivity index (χ3v) is 4.04. The van der Waals surface area contributed by atoms with Crippen LogP contribution < -0.4 is 25.4 Å². The molecule has 7 nitrogen and oxygen atoms in total. The summed E-state index contributed by atoms with van der Waals surface area (Å²) in [4.78, 5) is 15.8. The molecule has 0 saturated heterocycles. The molecule has 0 heterocycles. The van der Waals surface area contributed by atoms with E-state index in [-0.39, 0.29) is 12.5 Å². The lowest BCUT2D eigenvalue weighted by atomic mass is 10.2. The number of likely N-dealkylation sites (N-methyl/N-ethyl adjacent to an activating group) is 1. The van der Waals surface area contributed by atoms with Crippen LogP contribution in [0.5, 0.6) is 11.5 Å². The zero-order chi connectivity index (χ0) is 20.9. The summed E-state index contributed by atoms with van der Waals surface area (Å²) in [6.45, 7) is 6.25. The highest BCUT2D eigenvalue weighted by Crippen LogP contribution is 2.17. The number of hydrogen-bond acceptors (Lipinski definition) is 4. The van der Waals surface area contributed by atoms with Gasteiger partial charge in [-0.25, -0.2) is 0 Å². The molecule has 0 radical (unpaired) electrons.